The fourth-order valence-corrected chi connectivity index (χ4v) is 7.12. The van der Waals surface area contributed by atoms with Gasteiger partial charge in [0.2, 0.25) is 5.91 Å². The second-order valence-corrected chi connectivity index (χ2v) is 11.9. The van der Waals surface area contributed by atoms with Crippen molar-refractivity contribution in [2.45, 2.75) is 32.7 Å². The van der Waals surface area contributed by atoms with Crippen LogP contribution in [0.15, 0.2) is 54.6 Å². The molecule has 1 unspecified atom stereocenters. The Kier molecular flexibility index (Phi) is 6.39. The number of H-pyrrole nitrogens is 1. The number of aryl methyl sites for hydroxylation is 1. The first-order chi connectivity index (χ1) is 20.3. The highest BCUT2D eigenvalue weighted by Gasteiger charge is 2.34. The smallest absolute Gasteiger partial charge is 0.258 e. The Balaban J connectivity index is 1.28. The Morgan fingerprint density at radius 2 is 1.69 bits per heavy atom. The first-order valence-electron chi connectivity index (χ1n) is 14.7. The summed E-state index contributed by atoms with van der Waals surface area (Å²) >= 11 is 0. The number of amides is 3. The molecule has 2 aliphatic heterocycles. The van der Waals surface area contributed by atoms with Crippen molar-refractivity contribution in [3.05, 3.63) is 88.1 Å². The molecule has 3 aliphatic rings. The molecule has 214 valence electrons. The average molecular weight is 562 g/mol. The highest BCUT2D eigenvalue weighted by Crippen LogP contribution is 2.42. The van der Waals surface area contributed by atoms with Gasteiger partial charge in [-0.25, -0.2) is 0 Å². The second kappa shape index (κ2) is 10.1. The summed E-state index contributed by atoms with van der Waals surface area (Å²) in [7, 11) is 2.09. The molecule has 4 aromatic rings. The minimum atomic E-state index is -0.485. The number of carbonyl (C=O) groups excluding carboxylic acids is 3. The molecule has 7 rings (SSSR count). The molecule has 3 N–H and O–H groups in total. The van der Waals surface area contributed by atoms with E-state index in [2.05, 4.69) is 29.9 Å². The fourth-order valence-electron chi connectivity index (χ4n) is 7.12. The maximum Gasteiger partial charge on any atom is 0.258 e. The molecule has 8 nitrogen and oxygen atoms in total. The maximum absolute atomic E-state index is 13.5. The van der Waals surface area contributed by atoms with Crippen molar-refractivity contribution in [1.82, 2.24) is 14.8 Å². The topological polar surface area (TPSA) is 103 Å². The summed E-state index contributed by atoms with van der Waals surface area (Å²) in [5.41, 5.74) is 14.8. The van der Waals surface area contributed by atoms with Gasteiger partial charge in [0.15, 0.2) is 0 Å². The number of fused-ring (bicyclic) bond motifs is 4. The number of benzene rings is 3. The van der Waals surface area contributed by atoms with Gasteiger partial charge in [-0.2, -0.15) is 0 Å². The molecule has 1 aliphatic carbocycles. The van der Waals surface area contributed by atoms with Gasteiger partial charge in [0, 0.05) is 54.4 Å². The molecular weight excluding hydrogens is 526 g/mol. The van der Waals surface area contributed by atoms with E-state index in [1.807, 2.05) is 52.3 Å². The van der Waals surface area contributed by atoms with E-state index in [0.717, 1.165) is 94.7 Å². The van der Waals surface area contributed by atoms with E-state index in [0.29, 0.717) is 18.5 Å². The Hall–Kier alpha value is -4.43. The number of aromatic amines is 1. The number of hydrogen-bond donors (Lipinski definition) is 2. The molecule has 8 heteroatoms. The van der Waals surface area contributed by atoms with Gasteiger partial charge in [-0.3, -0.25) is 14.4 Å². The number of nitrogens with zero attached hydrogens (tertiary/aromatic N) is 3. The summed E-state index contributed by atoms with van der Waals surface area (Å²) in [6.45, 7) is 5.92. The van der Waals surface area contributed by atoms with Crippen molar-refractivity contribution in [3.63, 3.8) is 0 Å². The predicted molar refractivity (Wildman–Crippen MR) is 164 cm³/mol. The van der Waals surface area contributed by atoms with E-state index in [1.165, 1.54) is 0 Å². The van der Waals surface area contributed by atoms with Crippen molar-refractivity contribution < 1.29 is 14.4 Å². The van der Waals surface area contributed by atoms with Crippen LogP contribution in [0.25, 0.3) is 22.0 Å². The van der Waals surface area contributed by atoms with Gasteiger partial charge in [-0.1, -0.05) is 36.4 Å². The molecule has 3 aromatic carbocycles. The number of hydrogen-bond acceptors (Lipinski definition) is 4. The van der Waals surface area contributed by atoms with Gasteiger partial charge >= 0.3 is 0 Å². The van der Waals surface area contributed by atoms with Crippen molar-refractivity contribution in [3.8, 4) is 11.1 Å². The molecule has 3 heterocycles. The van der Waals surface area contributed by atoms with Crippen molar-refractivity contribution >= 4 is 34.3 Å². The number of nitrogens with two attached hydrogens (primary N) is 1. The standard InChI is InChI=1S/C34H35N5O3/c1-20-23(8-5-9-29(20)39-19-22-6-3-4-7-24(22)34(39)42)25-12-13-27(32(35)40)31-30(25)26-11-10-21(18-28(26)36-31)33(41)38-16-14-37(2)15-17-38/h3-9,12-13,21,36H,10-11,14-19H2,1-2H3,(H2,35,40). The molecule has 0 radical (unpaired) electrons. The van der Waals surface area contributed by atoms with Gasteiger partial charge in [-0.15, -0.1) is 0 Å². The van der Waals surface area contributed by atoms with Crippen LogP contribution in [0.5, 0.6) is 0 Å². The van der Waals surface area contributed by atoms with Gasteiger partial charge < -0.3 is 25.4 Å². The first-order valence-corrected chi connectivity index (χ1v) is 14.7. The first kappa shape index (κ1) is 26.5. The highest BCUT2D eigenvalue weighted by atomic mass is 16.2. The SMILES string of the molecule is Cc1c(-c2ccc(C(N)=O)c3[nH]c4c(c23)CCC(C(=O)N2CCN(C)CC2)C4)cccc1N1Cc2ccccc2C1=O. The molecule has 42 heavy (non-hydrogen) atoms. The minimum Gasteiger partial charge on any atom is -0.366 e. The lowest BCUT2D eigenvalue weighted by Crippen LogP contribution is -2.49. The van der Waals surface area contributed by atoms with Crippen LogP contribution in [0.4, 0.5) is 5.69 Å². The number of carbonyl (C=O) groups is 3. The third-order valence-corrected chi connectivity index (χ3v) is 9.48. The van der Waals surface area contributed by atoms with Crippen LogP contribution in [-0.4, -0.2) is 65.7 Å². The number of piperazine rings is 1. The molecule has 1 atom stereocenters. The third-order valence-electron chi connectivity index (χ3n) is 9.48. The van der Waals surface area contributed by atoms with Gasteiger partial charge in [0.1, 0.15) is 0 Å². The molecule has 1 aromatic heterocycles. The number of rotatable bonds is 4. The summed E-state index contributed by atoms with van der Waals surface area (Å²) in [5.74, 6) is -0.332. The van der Waals surface area contributed by atoms with Crippen LogP contribution in [0, 0.1) is 12.8 Å². The third kappa shape index (κ3) is 4.20. The van der Waals surface area contributed by atoms with Crippen molar-refractivity contribution in [2.24, 2.45) is 11.7 Å². The van der Waals surface area contributed by atoms with E-state index >= 15 is 0 Å². The molecule has 1 fully saturated rings. The zero-order valence-corrected chi connectivity index (χ0v) is 24.1. The average Bonchev–Trinajstić information content (AvgIpc) is 3.54. The van der Waals surface area contributed by atoms with Crippen LogP contribution in [0.2, 0.25) is 0 Å². The molecule has 0 saturated carbocycles. The fraction of sp³-hybridized carbons (Fsp3) is 0.324. The molecule has 0 spiro atoms. The molecule has 3 amide bonds. The summed E-state index contributed by atoms with van der Waals surface area (Å²) in [5, 5.41) is 0.989. The van der Waals surface area contributed by atoms with Crippen LogP contribution < -0.4 is 10.6 Å². The van der Waals surface area contributed by atoms with Crippen LogP contribution in [0.1, 0.15) is 49.5 Å². The number of likely N-dealkylation sites (N-methyl/N-ethyl adjacent to an activating group) is 1. The lowest BCUT2D eigenvalue weighted by Gasteiger charge is -2.35. The highest BCUT2D eigenvalue weighted by molar-refractivity contribution is 6.13. The van der Waals surface area contributed by atoms with E-state index in [4.69, 9.17) is 5.73 Å². The number of anilines is 1. The summed E-state index contributed by atoms with van der Waals surface area (Å²) in [6, 6.07) is 17.6. The molecular formula is C34H35N5O3. The molecule has 1 saturated heterocycles. The predicted octanol–water partition coefficient (Wildman–Crippen LogP) is 4.28. The quantitative estimate of drug-likeness (QED) is 0.388. The van der Waals surface area contributed by atoms with Crippen molar-refractivity contribution in [2.75, 3.05) is 38.1 Å². The number of aromatic nitrogens is 1. The van der Waals surface area contributed by atoms with Crippen LogP contribution in [-0.2, 0) is 24.2 Å². The Morgan fingerprint density at radius 3 is 2.45 bits per heavy atom. The maximum atomic E-state index is 13.5. The van der Waals surface area contributed by atoms with E-state index < -0.39 is 5.91 Å². The lowest BCUT2D eigenvalue weighted by molar-refractivity contribution is -0.137. The largest absolute Gasteiger partial charge is 0.366 e. The molecule has 0 bridgehead atoms. The van der Waals surface area contributed by atoms with Gasteiger partial charge in [-0.05, 0) is 79.3 Å². The van der Waals surface area contributed by atoms with Gasteiger partial charge in [0.05, 0.1) is 17.6 Å². The zero-order chi connectivity index (χ0) is 29.1. The number of primary amides is 1. The zero-order valence-electron chi connectivity index (χ0n) is 24.1. The van der Waals surface area contributed by atoms with E-state index in [1.54, 1.807) is 6.07 Å². The van der Waals surface area contributed by atoms with E-state index in [9.17, 15) is 14.4 Å². The Morgan fingerprint density at radius 1 is 0.929 bits per heavy atom. The normalized spacial score (nSPS) is 18.8. The number of nitrogens with one attached hydrogen (secondary N) is 1. The Bertz CT molecular complexity index is 1760. The second-order valence-electron chi connectivity index (χ2n) is 11.9. The summed E-state index contributed by atoms with van der Waals surface area (Å²) < 4.78 is 0. The Labute approximate surface area is 245 Å². The van der Waals surface area contributed by atoms with Crippen molar-refractivity contribution in [1.29, 1.82) is 0 Å². The minimum absolute atomic E-state index is 0.00940. The lowest BCUT2D eigenvalue weighted by atomic mass is 9.84. The monoisotopic (exact) mass is 561 g/mol. The van der Waals surface area contributed by atoms with Gasteiger partial charge in [0.25, 0.3) is 11.8 Å². The van der Waals surface area contributed by atoms with E-state index in [-0.39, 0.29) is 17.7 Å². The summed E-state index contributed by atoms with van der Waals surface area (Å²) in [4.78, 5) is 48.9. The van der Waals surface area contributed by atoms with Crippen LogP contribution >= 0.6 is 0 Å². The summed E-state index contributed by atoms with van der Waals surface area (Å²) in [6.07, 6.45) is 2.13. The van der Waals surface area contributed by atoms with Crippen LogP contribution in [0.3, 0.4) is 0 Å².